The van der Waals surface area contributed by atoms with Gasteiger partial charge in [-0.2, -0.15) is 0 Å². The van der Waals surface area contributed by atoms with E-state index in [2.05, 4.69) is 0 Å². The molecule has 0 fully saturated rings. The number of halogens is 10. The summed E-state index contributed by atoms with van der Waals surface area (Å²) < 4.78 is 140. The molecular weight excluding hydrogens is 518 g/mol. The van der Waals surface area contributed by atoms with E-state index in [4.69, 9.17) is 9.47 Å². The SMILES string of the molecule is Oc1cc(Oc2cccc(S(F)(F)(F)(F)F)c2)cc(Oc2cccc(S(F)(F)(F)(F)F)c2)c1. The Bertz CT molecular complexity index is 1150. The van der Waals surface area contributed by atoms with Crippen LogP contribution >= 0.6 is 20.4 Å². The van der Waals surface area contributed by atoms with Crippen LogP contribution in [0.3, 0.4) is 0 Å². The molecule has 3 nitrogen and oxygen atoms in total. The zero-order valence-electron chi connectivity index (χ0n) is 15.7. The Morgan fingerprint density at radius 3 is 1.18 bits per heavy atom. The first-order valence-electron chi connectivity index (χ1n) is 8.37. The van der Waals surface area contributed by atoms with Gasteiger partial charge >= 0.3 is 20.4 Å². The molecule has 33 heavy (non-hydrogen) atoms. The van der Waals surface area contributed by atoms with Crippen LogP contribution in [0, 0.1) is 0 Å². The summed E-state index contributed by atoms with van der Waals surface area (Å²) in [7, 11) is -20.0. The van der Waals surface area contributed by atoms with Crippen LogP contribution in [0.15, 0.2) is 76.5 Å². The number of hydrogen-bond acceptors (Lipinski definition) is 3. The first kappa shape index (κ1) is 24.7. The highest BCUT2D eigenvalue weighted by Gasteiger charge is 2.66. The van der Waals surface area contributed by atoms with Gasteiger partial charge in [-0.15, -0.1) is 0 Å². The van der Waals surface area contributed by atoms with Gasteiger partial charge in [0.1, 0.15) is 38.5 Å². The van der Waals surface area contributed by atoms with E-state index in [1.54, 1.807) is 0 Å². The quantitative estimate of drug-likeness (QED) is 0.322. The highest BCUT2D eigenvalue weighted by Crippen LogP contribution is 3.02. The largest absolute Gasteiger partial charge is 0.508 e. The van der Waals surface area contributed by atoms with Crippen molar-refractivity contribution in [1.82, 2.24) is 0 Å². The summed E-state index contributed by atoms with van der Waals surface area (Å²) >= 11 is 0. The molecule has 3 aromatic rings. The molecule has 0 heterocycles. The standard InChI is InChI=1S/C18H12F10O3S2/c19-32(20,21,22,23)17-5-1-3-13(10-17)30-15-7-12(29)8-16(9-15)31-14-4-2-6-18(11-14)33(24,25,26,27)28/h1-11,29H. The van der Waals surface area contributed by atoms with Gasteiger partial charge in [-0.3, -0.25) is 0 Å². The Morgan fingerprint density at radius 2 is 0.848 bits per heavy atom. The number of hydrogen-bond donors (Lipinski definition) is 1. The third kappa shape index (κ3) is 6.54. The predicted octanol–water partition coefficient (Wildman–Crippen LogP) is 10.3. The molecule has 0 aromatic heterocycles. The maximum absolute atomic E-state index is 13.0. The third-order valence-corrected chi connectivity index (χ3v) is 6.13. The average molecular weight is 530 g/mol. The first-order valence-corrected chi connectivity index (χ1v) is 12.3. The lowest BCUT2D eigenvalue weighted by Gasteiger charge is -2.40. The van der Waals surface area contributed by atoms with E-state index in [0.29, 0.717) is 12.1 Å². The highest BCUT2D eigenvalue weighted by molar-refractivity contribution is 8.46. The fourth-order valence-electron chi connectivity index (χ4n) is 2.50. The molecule has 0 amide bonds. The first-order chi connectivity index (χ1) is 14.5. The van der Waals surface area contributed by atoms with Crippen molar-refractivity contribution in [3.05, 3.63) is 66.7 Å². The number of ether oxygens (including phenoxy) is 2. The zero-order chi connectivity index (χ0) is 25.1. The van der Waals surface area contributed by atoms with Crippen LogP contribution in [-0.4, -0.2) is 5.11 Å². The van der Waals surface area contributed by atoms with Crippen molar-refractivity contribution in [2.75, 3.05) is 0 Å². The molecule has 184 valence electrons. The highest BCUT2D eigenvalue weighted by atomic mass is 32.5. The van der Waals surface area contributed by atoms with Gasteiger partial charge in [0.25, 0.3) is 0 Å². The minimum absolute atomic E-state index is 0.0181. The fourth-order valence-corrected chi connectivity index (χ4v) is 3.85. The summed E-state index contributed by atoms with van der Waals surface area (Å²) in [6, 6.07) is 5.95. The molecular formula is C18H12F10O3S2. The number of phenolic OH excluding ortho intramolecular Hbond substituents is 1. The summed E-state index contributed by atoms with van der Waals surface area (Å²) in [6.45, 7) is 0. The molecule has 0 saturated carbocycles. The Labute approximate surface area is 179 Å². The number of rotatable bonds is 6. The molecule has 3 aromatic carbocycles. The lowest BCUT2D eigenvalue weighted by molar-refractivity contribution is 0.359. The van der Waals surface area contributed by atoms with Crippen molar-refractivity contribution in [3.63, 3.8) is 0 Å². The number of benzene rings is 3. The molecule has 15 heteroatoms. The summed E-state index contributed by atoms with van der Waals surface area (Å²) in [4.78, 5) is -4.48. The van der Waals surface area contributed by atoms with E-state index in [1.807, 2.05) is 0 Å². The van der Waals surface area contributed by atoms with Gasteiger partial charge in [0.15, 0.2) is 0 Å². The van der Waals surface area contributed by atoms with Crippen molar-refractivity contribution < 1.29 is 53.4 Å². The molecule has 0 bridgehead atoms. The fraction of sp³-hybridized carbons (Fsp3) is 0. The van der Waals surface area contributed by atoms with Crippen molar-refractivity contribution in [2.24, 2.45) is 0 Å². The van der Waals surface area contributed by atoms with Gasteiger partial charge in [0, 0.05) is 30.3 Å². The van der Waals surface area contributed by atoms with Gasteiger partial charge in [0.2, 0.25) is 0 Å². The van der Waals surface area contributed by atoms with E-state index in [0.717, 1.165) is 30.3 Å². The summed E-state index contributed by atoms with van der Waals surface area (Å²) in [5, 5.41) is 9.73. The van der Waals surface area contributed by atoms with Crippen molar-refractivity contribution in [3.8, 4) is 28.7 Å². The van der Waals surface area contributed by atoms with Gasteiger partial charge in [-0.25, -0.2) is 0 Å². The van der Waals surface area contributed by atoms with Crippen molar-refractivity contribution in [1.29, 1.82) is 0 Å². The van der Waals surface area contributed by atoms with E-state index in [-0.39, 0.29) is 24.3 Å². The predicted molar refractivity (Wildman–Crippen MR) is 104 cm³/mol. The minimum Gasteiger partial charge on any atom is -0.508 e. The Balaban J connectivity index is 1.91. The normalized spacial score (nSPS) is 16.7. The lowest BCUT2D eigenvalue weighted by atomic mass is 10.3. The molecule has 3 rings (SSSR count). The second-order valence-corrected chi connectivity index (χ2v) is 11.6. The lowest BCUT2D eigenvalue weighted by Crippen LogP contribution is -2.06. The van der Waals surface area contributed by atoms with Crippen LogP contribution in [0.25, 0.3) is 0 Å². The van der Waals surface area contributed by atoms with Gasteiger partial charge in [-0.1, -0.05) is 51.0 Å². The van der Waals surface area contributed by atoms with Crippen LogP contribution in [0.1, 0.15) is 0 Å². The van der Waals surface area contributed by atoms with Crippen molar-refractivity contribution >= 4 is 20.4 Å². The molecule has 0 aliphatic heterocycles. The second-order valence-electron chi connectivity index (χ2n) is 6.75. The molecule has 0 radical (unpaired) electrons. The molecule has 0 unspecified atom stereocenters. The maximum Gasteiger partial charge on any atom is 0.310 e. The zero-order valence-corrected chi connectivity index (χ0v) is 17.3. The third-order valence-electron chi connectivity index (χ3n) is 3.84. The summed E-state index contributed by atoms with van der Waals surface area (Å²) in [5.41, 5.74) is 0. The molecule has 0 aliphatic carbocycles. The van der Waals surface area contributed by atoms with Crippen LogP contribution in [0.4, 0.5) is 38.9 Å². The Hall–Kier alpha value is -2.94. The molecule has 0 atom stereocenters. The van der Waals surface area contributed by atoms with Gasteiger partial charge < -0.3 is 14.6 Å². The average Bonchev–Trinajstić information content (AvgIpc) is 2.58. The monoisotopic (exact) mass is 530 g/mol. The minimum atomic E-state index is -10.0. The number of aromatic hydroxyl groups is 1. The second kappa shape index (κ2) is 6.14. The van der Waals surface area contributed by atoms with Crippen LogP contribution in [0.2, 0.25) is 0 Å². The van der Waals surface area contributed by atoms with E-state index >= 15 is 0 Å². The Kier molecular flexibility index (Phi) is 4.59. The van der Waals surface area contributed by atoms with E-state index in [1.165, 1.54) is 0 Å². The topological polar surface area (TPSA) is 38.7 Å². The summed E-state index contributed by atoms with van der Waals surface area (Å²) in [6.07, 6.45) is 0. The number of phenols is 1. The van der Waals surface area contributed by atoms with E-state index in [9.17, 15) is 44.0 Å². The van der Waals surface area contributed by atoms with Gasteiger partial charge in [0.05, 0.1) is 0 Å². The molecule has 0 aliphatic rings. The smallest absolute Gasteiger partial charge is 0.310 e. The van der Waals surface area contributed by atoms with Crippen molar-refractivity contribution in [2.45, 2.75) is 9.79 Å². The van der Waals surface area contributed by atoms with Crippen LogP contribution < -0.4 is 9.47 Å². The van der Waals surface area contributed by atoms with E-state index < -0.39 is 59.0 Å². The van der Waals surface area contributed by atoms with Gasteiger partial charge in [-0.05, 0) is 24.3 Å². The molecule has 1 N–H and O–H groups in total. The van der Waals surface area contributed by atoms with Crippen LogP contribution in [0.5, 0.6) is 28.7 Å². The summed E-state index contributed by atoms with van der Waals surface area (Å²) in [5.74, 6) is -2.96. The Morgan fingerprint density at radius 1 is 0.485 bits per heavy atom. The van der Waals surface area contributed by atoms with Crippen LogP contribution in [-0.2, 0) is 0 Å². The maximum atomic E-state index is 13.0. The molecule has 0 saturated heterocycles. The molecule has 0 spiro atoms.